The first-order chi connectivity index (χ1) is 8.20. The van der Waals surface area contributed by atoms with Gasteiger partial charge in [-0.1, -0.05) is 24.4 Å². The molecule has 1 fully saturated rings. The number of hydrogen-bond donors (Lipinski definition) is 1. The highest BCUT2D eigenvalue weighted by Crippen LogP contribution is 2.27. The summed E-state index contributed by atoms with van der Waals surface area (Å²) in [5.74, 6) is 2.44. The molecule has 0 unspecified atom stereocenters. The van der Waals surface area contributed by atoms with Gasteiger partial charge in [0, 0.05) is 30.1 Å². The van der Waals surface area contributed by atoms with Crippen LogP contribution in [-0.2, 0) is 0 Å². The SMILES string of the molecule is Cc1cccc(C(N)=S)c1N1CCCSCC1. The zero-order valence-corrected chi connectivity index (χ0v) is 11.7. The van der Waals surface area contributed by atoms with Gasteiger partial charge in [0.2, 0.25) is 0 Å². The molecule has 92 valence electrons. The molecule has 1 aliphatic heterocycles. The second kappa shape index (κ2) is 5.74. The maximum atomic E-state index is 5.83. The quantitative estimate of drug-likeness (QED) is 0.833. The van der Waals surface area contributed by atoms with E-state index in [-0.39, 0.29) is 0 Å². The Bertz CT molecular complexity index is 410. The lowest BCUT2D eigenvalue weighted by Crippen LogP contribution is -2.29. The lowest BCUT2D eigenvalue weighted by Gasteiger charge is -2.26. The summed E-state index contributed by atoms with van der Waals surface area (Å²) in [4.78, 5) is 2.93. The summed E-state index contributed by atoms with van der Waals surface area (Å²) in [6.45, 7) is 4.33. The van der Waals surface area contributed by atoms with Gasteiger partial charge < -0.3 is 10.6 Å². The Morgan fingerprint density at radius 1 is 1.35 bits per heavy atom. The highest BCUT2D eigenvalue weighted by molar-refractivity contribution is 7.99. The van der Waals surface area contributed by atoms with E-state index in [1.54, 1.807) is 0 Å². The number of para-hydroxylation sites is 1. The summed E-state index contributed by atoms with van der Waals surface area (Å²) in [5.41, 5.74) is 9.35. The van der Waals surface area contributed by atoms with Gasteiger partial charge in [0.15, 0.2) is 0 Å². The molecule has 1 aromatic carbocycles. The number of benzene rings is 1. The van der Waals surface area contributed by atoms with Gasteiger partial charge in [0.25, 0.3) is 0 Å². The van der Waals surface area contributed by atoms with Crippen LogP contribution in [0.4, 0.5) is 5.69 Å². The zero-order chi connectivity index (χ0) is 12.3. The molecule has 0 bridgehead atoms. The van der Waals surface area contributed by atoms with Crippen molar-refractivity contribution in [2.24, 2.45) is 5.73 Å². The molecule has 0 spiro atoms. The van der Waals surface area contributed by atoms with Gasteiger partial charge >= 0.3 is 0 Å². The highest BCUT2D eigenvalue weighted by Gasteiger charge is 2.16. The third-order valence-corrected chi connectivity index (χ3v) is 4.31. The van der Waals surface area contributed by atoms with Crippen molar-refractivity contribution in [2.45, 2.75) is 13.3 Å². The van der Waals surface area contributed by atoms with E-state index in [2.05, 4.69) is 17.9 Å². The fourth-order valence-corrected chi connectivity index (χ4v) is 3.30. The van der Waals surface area contributed by atoms with Crippen molar-refractivity contribution in [3.8, 4) is 0 Å². The van der Waals surface area contributed by atoms with E-state index >= 15 is 0 Å². The molecule has 2 N–H and O–H groups in total. The molecule has 0 saturated carbocycles. The number of thiocarbonyl (C=S) groups is 1. The van der Waals surface area contributed by atoms with E-state index in [4.69, 9.17) is 18.0 Å². The Morgan fingerprint density at radius 3 is 2.94 bits per heavy atom. The van der Waals surface area contributed by atoms with Gasteiger partial charge in [-0.3, -0.25) is 0 Å². The summed E-state index contributed by atoms with van der Waals surface area (Å²) in [6.07, 6.45) is 1.23. The molecule has 0 radical (unpaired) electrons. The number of anilines is 1. The van der Waals surface area contributed by atoms with Crippen molar-refractivity contribution >= 4 is 34.7 Å². The predicted molar refractivity (Wildman–Crippen MR) is 81.2 cm³/mol. The molecule has 1 heterocycles. The van der Waals surface area contributed by atoms with E-state index in [1.165, 1.54) is 29.2 Å². The number of nitrogens with zero attached hydrogens (tertiary/aromatic N) is 1. The maximum absolute atomic E-state index is 5.83. The van der Waals surface area contributed by atoms with E-state index in [9.17, 15) is 0 Å². The number of hydrogen-bond acceptors (Lipinski definition) is 3. The Labute approximate surface area is 113 Å². The third kappa shape index (κ3) is 2.93. The van der Waals surface area contributed by atoms with Crippen molar-refractivity contribution in [1.29, 1.82) is 0 Å². The summed E-state index contributed by atoms with van der Waals surface area (Å²) < 4.78 is 0. The Balaban J connectivity index is 2.37. The van der Waals surface area contributed by atoms with Crippen molar-refractivity contribution in [3.05, 3.63) is 29.3 Å². The van der Waals surface area contributed by atoms with Crippen molar-refractivity contribution < 1.29 is 0 Å². The van der Waals surface area contributed by atoms with Gasteiger partial charge in [0.05, 0.1) is 0 Å². The van der Waals surface area contributed by atoms with E-state index in [1.807, 2.05) is 23.9 Å². The van der Waals surface area contributed by atoms with Crippen LogP contribution in [0.2, 0.25) is 0 Å². The molecule has 1 aliphatic rings. The van der Waals surface area contributed by atoms with Crippen LogP contribution in [0.5, 0.6) is 0 Å². The van der Waals surface area contributed by atoms with Crippen LogP contribution in [0, 0.1) is 6.92 Å². The first-order valence-electron chi connectivity index (χ1n) is 5.92. The smallest absolute Gasteiger partial charge is 0.106 e. The zero-order valence-electron chi connectivity index (χ0n) is 10.1. The molecule has 0 atom stereocenters. The van der Waals surface area contributed by atoms with E-state index < -0.39 is 0 Å². The first-order valence-corrected chi connectivity index (χ1v) is 7.48. The fourth-order valence-electron chi connectivity index (χ4n) is 2.25. The molecule has 2 rings (SSSR count). The molecule has 0 aliphatic carbocycles. The Morgan fingerprint density at radius 2 is 2.18 bits per heavy atom. The second-order valence-corrected chi connectivity index (χ2v) is 5.95. The fraction of sp³-hybridized carbons (Fsp3) is 0.462. The number of aryl methyl sites for hydroxylation is 1. The number of nitrogens with two attached hydrogens (primary N) is 1. The molecule has 0 aromatic heterocycles. The van der Waals surface area contributed by atoms with Crippen molar-refractivity contribution in [3.63, 3.8) is 0 Å². The molecule has 2 nitrogen and oxygen atoms in total. The van der Waals surface area contributed by atoms with Gasteiger partial charge in [-0.15, -0.1) is 0 Å². The van der Waals surface area contributed by atoms with Crippen LogP contribution in [0.15, 0.2) is 18.2 Å². The number of rotatable bonds is 2. The molecule has 4 heteroatoms. The highest BCUT2D eigenvalue weighted by atomic mass is 32.2. The number of thioether (sulfide) groups is 1. The summed E-state index contributed by atoms with van der Waals surface area (Å²) in [7, 11) is 0. The molecule has 1 aromatic rings. The van der Waals surface area contributed by atoms with Gasteiger partial charge in [-0.25, -0.2) is 0 Å². The molecule has 1 saturated heterocycles. The monoisotopic (exact) mass is 266 g/mol. The normalized spacial score (nSPS) is 16.6. The van der Waals surface area contributed by atoms with Gasteiger partial charge in [-0.2, -0.15) is 11.8 Å². The topological polar surface area (TPSA) is 29.3 Å². The first kappa shape index (κ1) is 12.7. The molecule has 0 amide bonds. The molecule has 17 heavy (non-hydrogen) atoms. The minimum atomic E-state index is 0.501. The van der Waals surface area contributed by atoms with Crippen LogP contribution < -0.4 is 10.6 Å². The average Bonchev–Trinajstić information content (AvgIpc) is 2.57. The molecular formula is C13H18N2S2. The lowest BCUT2D eigenvalue weighted by molar-refractivity contribution is 0.812. The predicted octanol–water partition coefficient (Wildman–Crippen LogP) is 2.57. The van der Waals surface area contributed by atoms with E-state index in [0.29, 0.717) is 4.99 Å². The average molecular weight is 266 g/mol. The third-order valence-electron chi connectivity index (χ3n) is 3.04. The van der Waals surface area contributed by atoms with Gasteiger partial charge in [0.1, 0.15) is 4.99 Å². The second-order valence-electron chi connectivity index (χ2n) is 4.29. The summed E-state index contributed by atoms with van der Waals surface area (Å²) >= 11 is 7.19. The lowest BCUT2D eigenvalue weighted by atomic mass is 10.1. The maximum Gasteiger partial charge on any atom is 0.106 e. The van der Waals surface area contributed by atoms with Crippen LogP contribution in [-0.4, -0.2) is 29.6 Å². The van der Waals surface area contributed by atoms with Crippen molar-refractivity contribution in [2.75, 3.05) is 29.5 Å². The summed E-state index contributed by atoms with van der Waals surface area (Å²) in [6, 6.07) is 6.19. The van der Waals surface area contributed by atoms with E-state index in [0.717, 1.165) is 18.7 Å². The van der Waals surface area contributed by atoms with Crippen LogP contribution in [0.3, 0.4) is 0 Å². The Kier molecular flexibility index (Phi) is 4.29. The van der Waals surface area contributed by atoms with Crippen molar-refractivity contribution in [1.82, 2.24) is 0 Å². The largest absolute Gasteiger partial charge is 0.389 e. The minimum absolute atomic E-state index is 0.501. The minimum Gasteiger partial charge on any atom is -0.389 e. The van der Waals surface area contributed by atoms with Crippen LogP contribution in [0.25, 0.3) is 0 Å². The van der Waals surface area contributed by atoms with Gasteiger partial charge in [-0.05, 0) is 30.7 Å². The standard InChI is InChI=1S/C13H18N2S2/c1-10-4-2-5-11(13(14)16)12(10)15-6-3-8-17-9-7-15/h2,4-5H,3,6-9H2,1H3,(H2,14,16). The Hall–Kier alpha value is -0.740. The summed E-state index contributed by atoms with van der Waals surface area (Å²) in [5, 5.41) is 0. The van der Waals surface area contributed by atoms with Crippen LogP contribution in [0.1, 0.15) is 17.5 Å². The van der Waals surface area contributed by atoms with Crippen LogP contribution >= 0.6 is 24.0 Å². The molecular weight excluding hydrogens is 248 g/mol.